The smallest absolute Gasteiger partial charge is 0.327 e. The van der Waals surface area contributed by atoms with Crippen LogP contribution in [-0.2, 0) is 16.1 Å². The number of nitrogens with one attached hydrogen (secondary N) is 1. The first-order valence-electron chi connectivity index (χ1n) is 10.6. The van der Waals surface area contributed by atoms with Crippen molar-refractivity contribution in [1.82, 2.24) is 19.7 Å². The molecule has 0 bridgehead atoms. The first-order chi connectivity index (χ1) is 14.9. The van der Waals surface area contributed by atoms with E-state index >= 15 is 0 Å². The fourth-order valence-electron chi connectivity index (χ4n) is 3.37. The highest BCUT2D eigenvalue weighted by molar-refractivity contribution is 5.87. The summed E-state index contributed by atoms with van der Waals surface area (Å²) in [6.45, 7) is 9.31. The SMILES string of the molecule is COC(=O)Cn1ncc2c(N[C@H](CC(C)C)c3ccccc3OCC(C)C)ncnc21. The number of esters is 1. The molecule has 0 aliphatic rings. The van der Waals surface area contributed by atoms with Gasteiger partial charge in [0.2, 0.25) is 0 Å². The van der Waals surface area contributed by atoms with Gasteiger partial charge in [-0.3, -0.25) is 4.79 Å². The number of rotatable bonds is 10. The normalized spacial score (nSPS) is 12.4. The summed E-state index contributed by atoms with van der Waals surface area (Å²) in [6, 6.07) is 8.11. The van der Waals surface area contributed by atoms with E-state index in [1.165, 1.54) is 18.1 Å². The van der Waals surface area contributed by atoms with E-state index in [1.807, 2.05) is 18.2 Å². The summed E-state index contributed by atoms with van der Waals surface area (Å²) in [5.41, 5.74) is 1.67. The van der Waals surface area contributed by atoms with E-state index in [2.05, 4.69) is 54.1 Å². The van der Waals surface area contributed by atoms with Crippen molar-refractivity contribution < 1.29 is 14.3 Å². The number of hydrogen-bond donors (Lipinski definition) is 1. The highest BCUT2D eigenvalue weighted by Gasteiger charge is 2.21. The van der Waals surface area contributed by atoms with E-state index in [9.17, 15) is 4.79 Å². The largest absolute Gasteiger partial charge is 0.493 e. The predicted molar refractivity (Wildman–Crippen MR) is 120 cm³/mol. The topological polar surface area (TPSA) is 91.2 Å². The maximum atomic E-state index is 11.7. The number of carbonyl (C=O) groups is 1. The lowest BCUT2D eigenvalue weighted by atomic mass is 9.96. The average Bonchev–Trinajstić information content (AvgIpc) is 3.15. The Kier molecular flexibility index (Phi) is 7.44. The summed E-state index contributed by atoms with van der Waals surface area (Å²) in [5, 5.41) is 8.63. The zero-order valence-electron chi connectivity index (χ0n) is 18.8. The molecule has 31 heavy (non-hydrogen) atoms. The van der Waals surface area contributed by atoms with E-state index in [0.717, 1.165) is 23.1 Å². The van der Waals surface area contributed by atoms with Gasteiger partial charge in [0.25, 0.3) is 0 Å². The van der Waals surface area contributed by atoms with Crippen molar-refractivity contribution >= 4 is 22.8 Å². The van der Waals surface area contributed by atoms with Gasteiger partial charge < -0.3 is 14.8 Å². The van der Waals surface area contributed by atoms with Crippen LogP contribution in [0.25, 0.3) is 11.0 Å². The van der Waals surface area contributed by atoms with E-state index in [0.29, 0.717) is 29.9 Å². The average molecular weight is 426 g/mol. The van der Waals surface area contributed by atoms with Crippen LogP contribution in [0.1, 0.15) is 45.7 Å². The molecule has 0 saturated heterocycles. The van der Waals surface area contributed by atoms with Gasteiger partial charge >= 0.3 is 5.97 Å². The lowest BCUT2D eigenvalue weighted by Crippen LogP contribution is -2.17. The molecule has 3 rings (SSSR count). The zero-order chi connectivity index (χ0) is 22.4. The van der Waals surface area contributed by atoms with Crippen LogP contribution in [0.4, 0.5) is 5.82 Å². The van der Waals surface area contributed by atoms with Crippen LogP contribution in [0, 0.1) is 11.8 Å². The Morgan fingerprint density at radius 2 is 1.90 bits per heavy atom. The summed E-state index contributed by atoms with van der Waals surface area (Å²) in [4.78, 5) is 20.5. The molecular weight excluding hydrogens is 394 g/mol. The van der Waals surface area contributed by atoms with Gasteiger partial charge in [-0.15, -0.1) is 0 Å². The van der Waals surface area contributed by atoms with Gasteiger partial charge in [0, 0.05) is 5.56 Å². The molecule has 8 heteroatoms. The molecule has 1 atom stereocenters. The monoisotopic (exact) mass is 425 g/mol. The number of anilines is 1. The molecule has 0 unspecified atom stereocenters. The molecule has 2 aromatic heterocycles. The maximum Gasteiger partial charge on any atom is 0.327 e. The number of ether oxygens (including phenoxy) is 2. The fraction of sp³-hybridized carbons (Fsp3) is 0.478. The van der Waals surface area contributed by atoms with Crippen molar-refractivity contribution in [1.29, 1.82) is 0 Å². The van der Waals surface area contributed by atoms with E-state index in [4.69, 9.17) is 9.47 Å². The number of benzene rings is 1. The number of fused-ring (bicyclic) bond motifs is 1. The number of methoxy groups -OCH3 is 1. The van der Waals surface area contributed by atoms with Gasteiger partial charge in [0.15, 0.2) is 5.65 Å². The van der Waals surface area contributed by atoms with Crippen LogP contribution in [-0.4, -0.2) is 39.4 Å². The van der Waals surface area contributed by atoms with Crippen LogP contribution in [0.15, 0.2) is 36.8 Å². The first-order valence-corrected chi connectivity index (χ1v) is 10.6. The number of aromatic nitrogens is 4. The Morgan fingerprint density at radius 3 is 2.61 bits per heavy atom. The van der Waals surface area contributed by atoms with Crippen molar-refractivity contribution in [2.75, 3.05) is 19.0 Å². The summed E-state index contributed by atoms with van der Waals surface area (Å²) in [5.74, 6) is 2.06. The number of nitrogens with zero attached hydrogens (tertiary/aromatic N) is 4. The fourth-order valence-corrected chi connectivity index (χ4v) is 3.37. The minimum absolute atomic E-state index is 0.00223. The molecule has 0 amide bonds. The van der Waals surface area contributed by atoms with Crippen LogP contribution in [0.5, 0.6) is 5.75 Å². The van der Waals surface area contributed by atoms with Crippen molar-refractivity contribution in [2.24, 2.45) is 11.8 Å². The van der Waals surface area contributed by atoms with E-state index < -0.39 is 0 Å². The number of carbonyl (C=O) groups excluding carboxylic acids is 1. The van der Waals surface area contributed by atoms with Crippen molar-refractivity contribution in [3.63, 3.8) is 0 Å². The third kappa shape index (κ3) is 5.71. The molecular formula is C23H31N5O3. The third-order valence-corrected chi connectivity index (χ3v) is 4.82. The van der Waals surface area contributed by atoms with Gasteiger partial charge in [-0.2, -0.15) is 5.10 Å². The molecule has 0 saturated carbocycles. The van der Waals surface area contributed by atoms with Crippen LogP contribution in [0.3, 0.4) is 0 Å². The highest BCUT2D eigenvalue weighted by atomic mass is 16.5. The lowest BCUT2D eigenvalue weighted by Gasteiger charge is -2.24. The van der Waals surface area contributed by atoms with E-state index in [1.54, 1.807) is 6.20 Å². The summed E-state index contributed by atoms with van der Waals surface area (Å²) in [6.07, 6.45) is 4.05. The minimum atomic E-state index is -0.382. The molecule has 8 nitrogen and oxygen atoms in total. The molecule has 0 radical (unpaired) electrons. The Bertz CT molecular complexity index is 1020. The third-order valence-electron chi connectivity index (χ3n) is 4.82. The predicted octanol–water partition coefficient (Wildman–Crippen LogP) is 4.23. The Morgan fingerprint density at radius 1 is 1.13 bits per heavy atom. The Hall–Kier alpha value is -3.16. The molecule has 1 N–H and O–H groups in total. The first kappa shape index (κ1) is 22.5. The maximum absolute atomic E-state index is 11.7. The van der Waals surface area contributed by atoms with Gasteiger partial charge in [-0.1, -0.05) is 45.9 Å². The van der Waals surface area contributed by atoms with Crippen molar-refractivity contribution in [2.45, 2.75) is 46.7 Å². The zero-order valence-corrected chi connectivity index (χ0v) is 18.8. The van der Waals surface area contributed by atoms with Gasteiger partial charge in [-0.25, -0.2) is 14.6 Å². The van der Waals surface area contributed by atoms with Crippen LogP contribution < -0.4 is 10.1 Å². The van der Waals surface area contributed by atoms with E-state index in [-0.39, 0.29) is 18.6 Å². The molecule has 3 aromatic rings. The molecule has 166 valence electrons. The summed E-state index contributed by atoms with van der Waals surface area (Å²) < 4.78 is 12.4. The van der Waals surface area contributed by atoms with Gasteiger partial charge in [0.1, 0.15) is 24.4 Å². The molecule has 0 fully saturated rings. The minimum Gasteiger partial charge on any atom is -0.493 e. The van der Waals surface area contributed by atoms with Crippen molar-refractivity contribution in [3.05, 3.63) is 42.4 Å². The second kappa shape index (κ2) is 10.2. The number of para-hydroxylation sites is 1. The van der Waals surface area contributed by atoms with Gasteiger partial charge in [-0.05, 0) is 24.3 Å². The highest BCUT2D eigenvalue weighted by Crippen LogP contribution is 2.33. The Labute approximate surface area is 183 Å². The summed E-state index contributed by atoms with van der Waals surface area (Å²) >= 11 is 0. The quantitative estimate of drug-likeness (QED) is 0.486. The Balaban J connectivity index is 1.94. The lowest BCUT2D eigenvalue weighted by molar-refractivity contribution is -0.141. The second-order valence-electron chi connectivity index (χ2n) is 8.41. The van der Waals surface area contributed by atoms with Crippen LogP contribution >= 0.6 is 0 Å². The van der Waals surface area contributed by atoms with Crippen LogP contribution in [0.2, 0.25) is 0 Å². The standard InChI is InChI=1S/C23H31N5O3/c1-15(2)10-19(17-8-6-7-9-20(17)31-13-16(3)4)27-22-18-11-26-28(12-21(29)30-5)23(18)25-14-24-22/h6-9,11,14-16,19H,10,12-13H2,1-5H3,(H,24,25,27)/t19-/m1/s1. The molecule has 0 spiro atoms. The second-order valence-corrected chi connectivity index (χ2v) is 8.41. The molecule has 0 aliphatic carbocycles. The molecule has 0 aliphatic heterocycles. The summed E-state index contributed by atoms with van der Waals surface area (Å²) in [7, 11) is 1.35. The van der Waals surface area contributed by atoms with Crippen molar-refractivity contribution in [3.8, 4) is 5.75 Å². The van der Waals surface area contributed by atoms with Gasteiger partial charge in [0.05, 0.1) is 31.3 Å². The number of hydrogen-bond acceptors (Lipinski definition) is 7. The molecule has 1 aromatic carbocycles. The molecule has 2 heterocycles.